The number of rotatable bonds is 5. The zero-order valence-electron chi connectivity index (χ0n) is 10.7. The number of carboxylic acids is 1. The molecule has 0 radical (unpaired) electrons. The van der Waals surface area contributed by atoms with Crippen molar-refractivity contribution in [2.45, 2.75) is 13.3 Å². The van der Waals surface area contributed by atoms with E-state index in [2.05, 4.69) is 15.6 Å². The Morgan fingerprint density at radius 1 is 1.25 bits per heavy atom. The molecule has 0 spiro atoms. The highest BCUT2D eigenvalue weighted by Crippen LogP contribution is 2.18. The number of nitrogens with zero attached hydrogens (tertiary/aromatic N) is 1. The van der Waals surface area contributed by atoms with Crippen LogP contribution in [0.15, 0.2) is 34.9 Å². The first-order chi connectivity index (χ1) is 9.52. The molecule has 1 heterocycles. The minimum absolute atomic E-state index is 0.142. The maximum Gasteiger partial charge on any atom is 0.309 e. The first-order valence-corrected chi connectivity index (χ1v) is 5.84. The molecule has 7 heteroatoms. The zero-order valence-corrected chi connectivity index (χ0v) is 10.7. The zero-order chi connectivity index (χ0) is 14.5. The molecule has 0 aliphatic rings. The minimum atomic E-state index is -0.968. The van der Waals surface area contributed by atoms with Gasteiger partial charge in [0.15, 0.2) is 0 Å². The Bertz CT molecular complexity index is 619. The summed E-state index contributed by atoms with van der Waals surface area (Å²) in [6.45, 7) is 1.43. The number of hydrogen-bond donors (Lipinski definition) is 3. The summed E-state index contributed by atoms with van der Waals surface area (Å²) in [7, 11) is 0. The van der Waals surface area contributed by atoms with Gasteiger partial charge in [-0.1, -0.05) is 0 Å². The summed E-state index contributed by atoms with van der Waals surface area (Å²) in [5.41, 5.74) is 1.74. The molecule has 0 fully saturated rings. The van der Waals surface area contributed by atoms with Gasteiger partial charge in [0.2, 0.25) is 5.91 Å². The van der Waals surface area contributed by atoms with Crippen LogP contribution in [0.5, 0.6) is 0 Å². The molecular weight excluding hydrogens is 262 g/mol. The second-order valence-corrected chi connectivity index (χ2v) is 4.10. The molecule has 104 valence electrons. The number of anilines is 3. The van der Waals surface area contributed by atoms with Gasteiger partial charge in [0, 0.05) is 18.3 Å². The Hall–Kier alpha value is -2.83. The second-order valence-electron chi connectivity index (χ2n) is 4.10. The van der Waals surface area contributed by atoms with Crippen LogP contribution in [-0.2, 0) is 16.0 Å². The first-order valence-electron chi connectivity index (χ1n) is 5.84. The number of nitrogens with one attached hydrogen (secondary N) is 2. The molecule has 1 aromatic carbocycles. The third kappa shape index (κ3) is 3.84. The summed E-state index contributed by atoms with van der Waals surface area (Å²) in [6, 6.07) is 7.16. The lowest BCUT2D eigenvalue weighted by atomic mass is 10.3. The van der Waals surface area contributed by atoms with Gasteiger partial charge in [-0.05, 0) is 24.3 Å². The van der Waals surface area contributed by atoms with Gasteiger partial charge in [-0.15, -0.1) is 0 Å². The molecule has 2 rings (SSSR count). The fourth-order valence-corrected chi connectivity index (χ4v) is 1.56. The van der Waals surface area contributed by atoms with E-state index < -0.39 is 5.97 Å². The Labute approximate surface area is 114 Å². The van der Waals surface area contributed by atoms with Crippen molar-refractivity contribution < 1.29 is 19.1 Å². The van der Waals surface area contributed by atoms with Crippen molar-refractivity contribution in [3.8, 4) is 0 Å². The summed E-state index contributed by atoms with van der Waals surface area (Å²) >= 11 is 0. The van der Waals surface area contributed by atoms with E-state index in [1.165, 1.54) is 13.2 Å². The van der Waals surface area contributed by atoms with Gasteiger partial charge in [-0.25, -0.2) is 0 Å². The topological polar surface area (TPSA) is 104 Å². The van der Waals surface area contributed by atoms with E-state index in [0.717, 1.165) is 0 Å². The highest BCUT2D eigenvalue weighted by atomic mass is 16.4. The van der Waals surface area contributed by atoms with Crippen LogP contribution in [0.1, 0.15) is 12.6 Å². The average Bonchev–Trinajstić information content (AvgIpc) is 2.77. The maximum atomic E-state index is 10.9. The molecule has 0 saturated heterocycles. The molecule has 0 unspecified atom stereocenters. The van der Waals surface area contributed by atoms with Gasteiger partial charge in [0.25, 0.3) is 6.01 Å². The third-order valence-corrected chi connectivity index (χ3v) is 2.34. The second kappa shape index (κ2) is 5.87. The van der Waals surface area contributed by atoms with E-state index in [9.17, 15) is 9.59 Å². The highest BCUT2D eigenvalue weighted by molar-refractivity contribution is 5.88. The van der Waals surface area contributed by atoms with E-state index in [0.29, 0.717) is 17.1 Å². The lowest BCUT2D eigenvalue weighted by molar-refractivity contribution is -0.136. The number of carbonyl (C=O) groups is 2. The van der Waals surface area contributed by atoms with Crippen molar-refractivity contribution in [1.82, 2.24) is 4.98 Å². The number of hydrogen-bond acceptors (Lipinski definition) is 5. The van der Waals surface area contributed by atoms with Crippen LogP contribution in [0.4, 0.5) is 17.4 Å². The summed E-state index contributed by atoms with van der Waals surface area (Å²) in [4.78, 5) is 25.4. The Morgan fingerprint density at radius 3 is 2.50 bits per heavy atom. The van der Waals surface area contributed by atoms with Crippen molar-refractivity contribution in [2.24, 2.45) is 0 Å². The quantitative estimate of drug-likeness (QED) is 0.771. The molecule has 0 atom stereocenters. The normalized spacial score (nSPS) is 10.1. The van der Waals surface area contributed by atoms with Gasteiger partial charge in [0.05, 0.1) is 12.1 Å². The molecule has 3 N–H and O–H groups in total. The molecule has 1 aromatic heterocycles. The summed E-state index contributed by atoms with van der Waals surface area (Å²) in [5.74, 6) is -1.11. The van der Waals surface area contributed by atoms with Crippen molar-refractivity contribution in [2.75, 3.05) is 10.6 Å². The summed E-state index contributed by atoms with van der Waals surface area (Å²) in [5, 5.41) is 14.2. The standard InChI is InChI=1S/C13H13N3O4/c1-8(17)14-9-2-4-10(5-3-9)15-13-16-11(7-20-13)6-12(18)19/h2-5,7H,6H2,1H3,(H,14,17)(H,15,16)(H,18,19). The fraction of sp³-hybridized carbons (Fsp3) is 0.154. The molecule has 0 aliphatic heterocycles. The SMILES string of the molecule is CC(=O)Nc1ccc(Nc2nc(CC(=O)O)co2)cc1. The Balaban J connectivity index is 2.00. The lowest BCUT2D eigenvalue weighted by Gasteiger charge is -2.04. The monoisotopic (exact) mass is 275 g/mol. The number of aromatic nitrogens is 1. The van der Waals surface area contributed by atoms with Crippen LogP contribution >= 0.6 is 0 Å². The molecule has 0 saturated carbocycles. The van der Waals surface area contributed by atoms with Crippen LogP contribution in [0, 0.1) is 0 Å². The van der Waals surface area contributed by atoms with Crippen LogP contribution in [-0.4, -0.2) is 22.0 Å². The van der Waals surface area contributed by atoms with Gasteiger partial charge < -0.3 is 20.2 Å². The molecule has 20 heavy (non-hydrogen) atoms. The summed E-state index contributed by atoms with van der Waals surface area (Å²) in [6.07, 6.45) is 1.11. The van der Waals surface area contributed by atoms with Crippen LogP contribution in [0.3, 0.4) is 0 Å². The van der Waals surface area contributed by atoms with Crippen molar-refractivity contribution >= 4 is 29.3 Å². The predicted molar refractivity (Wildman–Crippen MR) is 71.9 cm³/mol. The smallest absolute Gasteiger partial charge is 0.309 e. The molecule has 1 amide bonds. The number of amides is 1. The Kier molecular flexibility index (Phi) is 3.99. The van der Waals surface area contributed by atoms with Gasteiger partial charge >= 0.3 is 5.97 Å². The average molecular weight is 275 g/mol. The van der Waals surface area contributed by atoms with Gasteiger partial charge in [-0.2, -0.15) is 4.98 Å². The van der Waals surface area contributed by atoms with E-state index in [-0.39, 0.29) is 18.3 Å². The minimum Gasteiger partial charge on any atom is -0.481 e. The highest BCUT2D eigenvalue weighted by Gasteiger charge is 2.07. The molecule has 7 nitrogen and oxygen atoms in total. The fourth-order valence-electron chi connectivity index (χ4n) is 1.56. The molecular formula is C13H13N3O4. The molecule has 2 aromatic rings. The maximum absolute atomic E-state index is 10.9. The number of carboxylic acid groups (broad SMARTS) is 1. The predicted octanol–water partition coefficient (Wildman–Crippen LogP) is 2.00. The van der Waals surface area contributed by atoms with Crippen LogP contribution < -0.4 is 10.6 Å². The third-order valence-electron chi connectivity index (χ3n) is 2.34. The van der Waals surface area contributed by atoms with Crippen molar-refractivity contribution in [3.63, 3.8) is 0 Å². The van der Waals surface area contributed by atoms with Crippen LogP contribution in [0.25, 0.3) is 0 Å². The molecule has 0 bridgehead atoms. The number of carbonyl (C=O) groups excluding carboxylic acids is 1. The van der Waals surface area contributed by atoms with E-state index >= 15 is 0 Å². The van der Waals surface area contributed by atoms with Gasteiger partial charge in [-0.3, -0.25) is 9.59 Å². The van der Waals surface area contributed by atoms with Gasteiger partial charge in [0.1, 0.15) is 6.26 Å². The number of oxazole rings is 1. The summed E-state index contributed by atoms with van der Waals surface area (Å²) < 4.78 is 5.11. The first kappa shape index (κ1) is 13.6. The molecule has 0 aliphatic carbocycles. The van der Waals surface area contributed by atoms with Crippen molar-refractivity contribution in [1.29, 1.82) is 0 Å². The Morgan fingerprint density at radius 2 is 1.90 bits per heavy atom. The van der Waals surface area contributed by atoms with E-state index in [1.54, 1.807) is 24.3 Å². The van der Waals surface area contributed by atoms with E-state index in [1.807, 2.05) is 0 Å². The van der Waals surface area contributed by atoms with E-state index in [4.69, 9.17) is 9.52 Å². The number of aliphatic carboxylic acids is 1. The van der Waals surface area contributed by atoms with Crippen molar-refractivity contribution in [3.05, 3.63) is 36.2 Å². The number of benzene rings is 1. The largest absolute Gasteiger partial charge is 0.481 e. The lowest BCUT2D eigenvalue weighted by Crippen LogP contribution is -2.05. The van der Waals surface area contributed by atoms with Crippen LogP contribution in [0.2, 0.25) is 0 Å².